The molecule has 3 fully saturated rings. The minimum atomic E-state index is -1.97. The summed E-state index contributed by atoms with van der Waals surface area (Å²) in [7, 11) is 0. The molecule has 0 aromatic rings. The highest BCUT2D eigenvalue weighted by Gasteiger charge is 2.54. The van der Waals surface area contributed by atoms with Crippen LogP contribution in [0.3, 0.4) is 0 Å². The number of amides is 1. The van der Waals surface area contributed by atoms with Crippen molar-refractivity contribution in [3.63, 3.8) is 0 Å². The third-order valence-corrected chi connectivity index (χ3v) is 23.8. The number of ether oxygens (including phenoxy) is 6. The largest absolute Gasteiger partial charge is 0.394 e. The van der Waals surface area contributed by atoms with Gasteiger partial charge in [0.2, 0.25) is 5.91 Å². The van der Waals surface area contributed by atoms with Crippen LogP contribution in [0.1, 0.15) is 431 Å². The van der Waals surface area contributed by atoms with Crippen molar-refractivity contribution >= 4 is 5.91 Å². The van der Waals surface area contributed by atoms with Gasteiger partial charge in [0.05, 0.1) is 38.6 Å². The number of aliphatic hydroxyl groups excluding tert-OH is 11. The summed E-state index contributed by atoms with van der Waals surface area (Å²) in [6, 6.07) is -0.885. The summed E-state index contributed by atoms with van der Waals surface area (Å²) in [6.45, 7) is 1.88. The maximum absolute atomic E-state index is 13.5. The first-order chi connectivity index (χ1) is 53.8. The zero-order valence-electron chi connectivity index (χ0n) is 70.5. The molecule has 652 valence electrons. The Morgan fingerprint density at radius 1 is 0.318 bits per heavy atom. The maximum atomic E-state index is 13.5. The monoisotopic (exact) mass is 1570 g/mol. The number of nitrogens with one attached hydrogen (secondary N) is 1. The Hall–Kier alpha value is -1.47. The van der Waals surface area contributed by atoms with Gasteiger partial charge in [-0.1, -0.05) is 398 Å². The van der Waals surface area contributed by atoms with Gasteiger partial charge in [0.1, 0.15) is 73.2 Å². The van der Waals surface area contributed by atoms with Gasteiger partial charge >= 0.3 is 0 Å². The lowest BCUT2D eigenvalue weighted by atomic mass is 9.96. The molecule has 0 aromatic carbocycles. The van der Waals surface area contributed by atoms with E-state index in [1.165, 1.54) is 353 Å². The first kappa shape index (κ1) is 103. The molecule has 17 atom stereocenters. The molecule has 1 amide bonds. The van der Waals surface area contributed by atoms with Crippen LogP contribution in [0, 0.1) is 0 Å². The molecule has 3 heterocycles. The SMILES string of the molecule is CCCCCCCCCC/C=C\CCCCCCCCCCCCCCCCCCCCCCCCCCCCCCCC(=O)NC(COC1OC(CO)C(OC2OC(CO)C(OC3OC(CO)C(O)C(O)C3O)C(O)C2O)C(O)C1O)C(O)CCCCCCCCCCCCCCCCCCCCCCCCCC. The molecule has 0 aromatic heterocycles. The smallest absolute Gasteiger partial charge is 0.220 e. The van der Waals surface area contributed by atoms with Crippen molar-refractivity contribution in [2.24, 2.45) is 0 Å². The Labute approximate surface area is 671 Å². The predicted octanol–water partition coefficient (Wildman–Crippen LogP) is 18.2. The van der Waals surface area contributed by atoms with E-state index >= 15 is 0 Å². The van der Waals surface area contributed by atoms with E-state index in [4.69, 9.17) is 28.4 Å². The Morgan fingerprint density at radius 3 is 0.882 bits per heavy atom. The van der Waals surface area contributed by atoms with Gasteiger partial charge in [-0.3, -0.25) is 4.79 Å². The first-order valence-corrected chi connectivity index (χ1v) is 46.9. The highest BCUT2D eigenvalue weighted by Crippen LogP contribution is 2.34. The molecule has 3 aliphatic heterocycles. The number of allylic oxidation sites excluding steroid dienone is 2. The molecule has 110 heavy (non-hydrogen) atoms. The van der Waals surface area contributed by atoms with E-state index in [1.807, 2.05) is 0 Å². The molecule has 12 N–H and O–H groups in total. The molecule has 0 saturated carbocycles. The number of unbranched alkanes of at least 4 members (excludes halogenated alkanes) is 60. The van der Waals surface area contributed by atoms with E-state index in [1.54, 1.807) is 0 Å². The summed E-state index contributed by atoms with van der Waals surface area (Å²) < 4.78 is 34.6. The van der Waals surface area contributed by atoms with E-state index in [2.05, 4.69) is 31.3 Å². The van der Waals surface area contributed by atoms with Gasteiger partial charge in [0, 0.05) is 6.42 Å². The van der Waals surface area contributed by atoms with Gasteiger partial charge in [0.25, 0.3) is 0 Å². The molecule has 3 rings (SSSR count). The molecule has 3 saturated heterocycles. The van der Waals surface area contributed by atoms with Crippen molar-refractivity contribution in [3.8, 4) is 0 Å². The Bertz CT molecular complexity index is 2030. The third-order valence-electron chi connectivity index (χ3n) is 23.8. The summed E-state index contributed by atoms with van der Waals surface area (Å²) in [5.41, 5.74) is 0. The fourth-order valence-electron chi connectivity index (χ4n) is 16.4. The van der Waals surface area contributed by atoms with Crippen LogP contribution in [0.4, 0.5) is 0 Å². The molecular formula is C91H175NO18. The summed E-state index contributed by atoms with van der Waals surface area (Å²) in [4.78, 5) is 13.5. The van der Waals surface area contributed by atoms with Crippen LogP contribution in [-0.4, -0.2) is 193 Å². The van der Waals surface area contributed by atoms with Crippen molar-refractivity contribution < 1.29 is 89.4 Å². The number of hydrogen-bond acceptors (Lipinski definition) is 18. The summed E-state index contributed by atoms with van der Waals surface area (Å²) in [6.07, 6.45) is 62.0. The van der Waals surface area contributed by atoms with Gasteiger partial charge in [0.15, 0.2) is 18.9 Å². The second-order valence-corrected chi connectivity index (χ2v) is 33.8. The average molecular weight is 1570 g/mol. The summed E-state index contributed by atoms with van der Waals surface area (Å²) >= 11 is 0. The quantitative estimate of drug-likeness (QED) is 0.0199. The average Bonchev–Trinajstić information content (AvgIpc) is 0.782. The summed E-state index contributed by atoms with van der Waals surface area (Å²) in [5.74, 6) is -0.231. The lowest BCUT2D eigenvalue weighted by Gasteiger charge is -2.48. The molecule has 0 aliphatic carbocycles. The summed E-state index contributed by atoms with van der Waals surface area (Å²) in [5, 5.41) is 121. The topological polar surface area (TPSA) is 307 Å². The highest BCUT2D eigenvalue weighted by molar-refractivity contribution is 5.76. The maximum Gasteiger partial charge on any atom is 0.220 e. The predicted molar refractivity (Wildman–Crippen MR) is 444 cm³/mol. The fraction of sp³-hybridized carbons (Fsp3) is 0.967. The van der Waals surface area contributed by atoms with Gasteiger partial charge in [-0.25, -0.2) is 0 Å². The van der Waals surface area contributed by atoms with Crippen molar-refractivity contribution in [2.45, 2.75) is 535 Å². The minimum Gasteiger partial charge on any atom is -0.394 e. The van der Waals surface area contributed by atoms with Gasteiger partial charge in [-0.2, -0.15) is 0 Å². The standard InChI is InChI=1S/C91H175NO18/c1-3-5-7-9-11-13-15-17-19-21-23-25-27-29-30-31-32-33-34-35-36-37-38-39-40-41-42-43-44-45-47-49-51-53-55-57-59-61-63-65-67-69-79(97)92-74(75(96)68-66-64-62-60-58-56-54-52-50-48-46-28-26-24-22-20-18-16-14-12-10-8-6-4-2)73-105-89-85(103)82(100)87(77(71-94)107-89)110-91-86(104)83(101)88(78(72-95)108-91)109-90-84(102)81(99)80(98)76(70-93)106-90/h21,23,74-78,80-91,93-96,98-104H,3-20,22,24-73H2,1-2H3,(H,92,97)/b23-21-. The molecule has 3 aliphatic rings. The van der Waals surface area contributed by atoms with Crippen LogP contribution >= 0.6 is 0 Å². The van der Waals surface area contributed by atoms with E-state index in [-0.39, 0.29) is 18.9 Å². The van der Waals surface area contributed by atoms with Gasteiger partial charge < -0.3 is 89.9 Å². The zero-order chi connectivity index (χ0) is 79.5. The van der Waals surface area contributed by atoms with Crippen LogP contribution in [0.5, 0.6) is 0 Å². The second kappa shape index (κ2) is 71.6. The van der Waals surface area contributed by atoms with Crippen molar-refractivity contribution in [3.05, 3.63) is 12.2 Å². The number of carbonyl (C=O) groups is 1. The number of carbonyl (C=O) groups excluding carboxylic acids is 1. The minimum absolute atomic E-state index is 0.231. The number of aliphatic hydroxyl groups is 11. The van der Waals surface area contributed by atoms with Crippen LogP contribution in [0.25, 0.3) is 0 Å². The second-order valence-electron chi connectivity index (χ2n) is 33.8. The molecule has 19 heteroatoms. The Morgan fingerprint density at radius 2 is 0.573 bits per heavy atom. The number of rotatable bonds is 78. The van der Waals surface area contributed by atoms with Crippen molar-refractivity contribution in [1.29, 1.82) is 0 Å². The van der Waals surface area contributed by atoms with Crippen LogP contribution in [0.15, 0.2) is 12.2 Å². The zero-order valence-corrected chi connectivity index (χ0v) is 70.5. The Kier molecular flexibility index (Phi) is 66.9. The highest BCUT2D eigenvalue weighted by atomic mass is 16.8. The van der Waals surface area contributed by atoms with Crippen LogP contribution < -0.4 is 5.32 Å². The van der Waals surface area contributed by atoms with E-state index in [0.29, 0.717) is 12.8 Å². The molecule has 0 bridgehead atoms. The molecule has 0 spiro atoms. The van der Waals surface area contributed by atoms with E-state index in [9.17, 15) is 61.0 Å². The number of hydrogen-bond donors (Lipinski definition) is 12. The normalized spacial score (nSPS) is 25.1. The van der Waals surface area contributed by atoms with Crippen molar-refractivity contribution in [2.75, 3.05) is 26.4 Å². The lowest BCUT2D eigenvalue weighted by molar-refractivity contribution is -0.379. The fourth-order valence-corrected chi connectivity index (χ4v) is 16.4. The molecular weight excluding hydrogens is 1390 g/mol. The van der Waals surface area contributed by atoms with Crippen LogP contribution in [0.2, 0.25) is 0 Å². The molecule has 17 unspecified atom stereocenters. The van der Waals surface area contributed by atoms with Gasteiger partial charge in [-0.15, -0.1) is 0 Å². The van der Waals surface area contributed by atoms with Gasteiger partial charge in [-0.05, 0) is 38.5 Å². The molecule has 19 nitrogen and oxygen atoms in total. The Balaban J connectivity index is 1.27. The van der Waals surface area contributed by atoms with E-state index < -0.39 is 124 Å². The lowest BCUT2D eigenvalue weighted by Crippen LogP contribution is -2.66. The van der Waals surface area contributed by atoms with Crippen LogP contribution in [-0.2, 0) is 33.2 Å². The van der Waals surface area contributed by atoms with Crippen molar-refractivity contribution in [1.82, 2.24) is 5.32 Å². The van der Waals surface area contributed by atoms with E-state index in [0.717, 1.165) is 44.9 Å². The first-order valence-electron chi connectivity index (χ1n) is 46.9. The third kappa shape index (κ3) is 49.7. The molecule has 0 radical (unpaired) electrons.